The first kappa shape index (κ1) is 29.2. The number of aliphatic carboxylic acids is 3. The van der Waals surface area contributed by atoms with Crippen LogP contribution in [0.3, 0.4) is 0 Å². The molecule has 3 unspecified atom stereocenters. The van der Waals surface area contributed by atoms with E-state index in [0.717, 1.165) is 0 Å². The van der Waals surface area contributed by atoms with Gasteiger partial charge in [0.2, 0.25) is 0 Å². The van der Waals surface area contributed by atoms with E-state index in [1.807, 2.05) is 0 Å². The fourth-order valence-electron chi connectivity index (χ4n) is 0.500. The smallest absolute Gasteiger partial charge is 0.547 e. The van der Waals surface area contributed by atoms with Crippen molar-refractivity contribution < 1.29 is 45.0 Å². The molecule has 0 bridgehead atoms. The second-order valence-electron chi connectivity index (χ2n) is 3.73. The van der Waals surface area contributed by atoms with Crippen LogP contribution in [0.15, 0.2) is 0 Å². The van der Waals surface area contributed by atoms with Crippen LogP contribution in [0.5, 0.6) is 0 Å². The fourth-order valence-corrected chi connectivity index (χ4v) is 0.500. The largest absolute Gasteiger partial charge is 3.00 e. The summed E-state index contributed by atoms with van der Waals surface area (Å²) in [6.45, 7) is 4.71. The summed E-state index contributed by atoms with van der Waals surface area (Å²) in [5, 5.41) is 53.5. The first-order chi connectivity index (χ1) is 9.54. The maximum atomic E-state index is 9.57. The number of carbonyl (C=O) groups excluding carboxylic acids is 3. The number of hydrogen-bond acceptors (Lipinski definition) is 9. The Labute approximate surface area is 147 Å². The summed E-state index contributed by atoms with van der Waals surface area (Å²) >= 11 is 0. The Morgan fingerprint density at radius 2 is 0.818 bits per heavy atom. The van der Waals surface area contributed by atoms with Crippen molar-refractivity contribution in [2.24, 2.45) is 0 Å². The third kappa shape index (κ3) is 21.5. The zero-order valence-corrected chi connectivity index (χ0v) is 16.1. The van der Waals surface area contributed by atoms with E-state index in [4.69, 9.17) is 15.3 Å². The maximum absolute atomic E-state index is 9.57. The van der Waals surface area contributed by atoms with E-state index in [0.29, 0.717) is 0 Å². The second-order valence-corrected chi connectivity index (χ2v) is 3.73. The Hall–Kier alpha value is -0.827. The average molecular weight is 518 g/mol. The van der Waals surface area contributed by atoms with Gasteiger partial charge in [-0.25, -0.2) is 0 Å². The van der Waals surface area contributed by atoms with Gasteiger partial charge in [-0.05, 0) is 19.3 Å². The second kappa shape index (κ2) is 18.2. The van der Waals surface area contributed by atoms with E-state index < -0.39 is 36.2 Å². The Balaban J connectivity index is -0.000000108. The van der Waals surface area contributed by atoms with E-state index in [-0.39, 0.29) is 45.5 Å². The summed E-state index contributed by atoms with van der Waals surface area (Å²) in [4.78, 5) is 28.7. The van der Waals surface area contributed by atoms with Crippen LogP contribution in [0.25, 0.3) is 0 Å². The molecule has 0 aromatic carbocycles. The zero-order valence-electron chi connectivity index (χ0n) is 12.6. The van der Waals surface area contributed by atoms with Gasteiger partial charge in [0.1, 0.15) is 0 Å². The molecule has 0 amide bonds. The van der Waals surface area contributed by atoms with Crippen molar-refractivity contribution in [1.29, 1.82) is 0 Å². The van der Waals surface area contributed by atoms with Gasteiger partial charge >= 0.3 is 26.2 Å². The van der Waals surface area contributed by atoms with Crippen LogP contribution in [0.1, 0.15) is 40.0 Å². The van der Waals surface area contributed by atoms with Crippen LogP contribution in [-0.2, 0) is 14.4 Å². The van der Waals surface area contributed by atoms with Crippen molar-refractivity contribution in [3.8, 4) is 0 Å². The summed E-state index contributed by atoms with van der Waals surface area (Å²) in [6, 6.07) is 0. The topological polar surface area (TPSA) is 181 Å². The van der Waals surface area contributed by atoms with E-state index in [1.54, 1.807) is 20.8 Å². The molecule has 3 atom stereocenters. The van der Waals surface area contributed by atoms with Crippen LogP contribution in [0.2, 0.25) is 0 Å². The molecule has 22 heavy (non-hydrogen) atoms. The maximum Gasteiger partial charge on any atom is 3.00 e. The molecule has 10 heteroatoms. The molecule has 0 heterocycles. The molecule has 3 N–H and O–H groups in total. The van der Waals surface area contributed by atoms with E-state index in [1.165, 1.54) is 0 Å². The predicted octanol–water partition coefficient (Wildman–Crippen LogP) is -4.86. The van der Waals surface area contributed by atoms with Gasteiger partial charge in [0.25, 0.3) is 0 Å². The van der Waals surface area contributed by atoms with E-state index >= 15 is 0 Å². The molecule has 0 aromatic heterocycles. The van der Waals surface area contributed by atoms with Crippen molar-refractivity contribution in [2.45, 2.75) is 58.3 Å². The molecule has 0 aromatic rings. The Bertz CT molecular complexity index is 261. The number of rotatable bonds is 6. The first-order valence-electron chi connectivity index (χ1n) is 6.21. The number of aliphatic hydroxyl groups is 3. The quantitative estimate of drug-likeness (QED) is 0.291. The summed E-state index contributed by atoms with van der Waals surface area (Å²) in [6.07, 6.45) is -3.24. The molecule has 0 saturated heterocycles. The zero-order chi connectivity index (χ0) is 17.6. The monoisotopic (exact) mass is 518 g/mol. The van der Waals surface area contributed by atoms with Gasteiger partial charge in [-0.2, -0.15) is 0 Å². The molecule has 0 aliphatic carbocycles. The molecular formula is C12H21BiO9. The van der Waals surface area contributed by atoms with Gasteiger partial charge < -0.3 is 45.0 Å². The molecule has 0 aliphatic rings. The number of aliphatic hydroxyl groups excluding tert-OH is 3. The van der Waals surface area contributed by atoms with Crippen LogP contribution < -0.4 is 15.3 Å². The van der Waals surface area contributed by atoms with Crippen LogP contribution in [-0.4, -0.2) is 77.7 Å². The molecular weight excluding hydrogens is 497 g/mol. The van der Waals surface area contributed by atoms with Crippen LogP contribution in [0, 0.1) is 0 Å². The predicted molar refractivity (Wildman–Crippen MR) is 69.7 cm³/mol. The Morgan fingerprint density at radius 1 is 0.682 bits per heavy atom. The van der Waals surface area contributed by atoms with Crippen molar-refractivity contribution >= 4 is 44.1 Å². The Morgan fingerprint density at radius 3 is 0.818 bits per heavy atom. The summed E-state index contributed by atoms with van der Waals surface area (Å²) in [7, 11) is 0. The Kier molecular flexibility index (Phi) is 24.2. The number of carboxylic acids is 3. The number of hydrogen-bond donors (Lipinski definition) is 3. The molecule has 0 spiro atoms. The first-order valence-corrected chi connectivity index (χ1v) is 6.21. The molecule has 0 saturated carbocycles. The third-order valence-electron chi connectivity index (χ3n) is 1.98. The molecule has 0 fully saturated rings. The van der Waals surface area contributed by atoms with Crippen LogP contribution in [0.4, 0.5) is 0 Å². The van der Waals surface area contributed by atoms with Gasteiger partial charge in [-0.1, -0.05) is 20.8 Å². The van der Waals surface area contributed by atoms with Crippen molar-refractivity contribution in [3.05, 3.63) is 0 Å². The van der Waals surface area contributed by atoms with E-state index in [9.17, 15) is 29.7 Å². The normalized spacial score (nSPS) is 12.8. The van der Waals surface area contributed by atoms with Gasteiger partial charge in [0, 0.05) is 0 Å². The summed E-state index contributed by atoms with van der Waals surface area (Å²) < 4.78 is 0. The molecule has 0 rings (SSSR count). The van der Waals surface area contributed by atoms with Crippen molar-refractivity contribution in [3.63, 3.8) is 0 Å². The summed E-state index contributed by atoms with van der Waals surface area (Å²) in [5.74, 6) is -4.20. The number of carboxylic acid groups (broad SMARTS) is 3. The standard InChI is InChI=1S/3C4H8O3.Bi/c3*1-2-3(5)4(6)7;/h3*3,5H,2H2,1H3,(H,6,7);/q;;;+3/p-3. The minimum atomic E-state index is -1.40. The minimum Gasteiger partial charge on any atom is -0.547 e. The van der Waals surface area contributed by atoms with Crippen LogP contribution >= 0.6 is 0 Å². The third-order valence-corrected chi connectivity index (χ3v) is 1.98. The fraction of sp³-hybridized carbons (Fsp3) is 0.750. The molecule has 0 aliphatic heterocycles. The average Bonchev–Trinajstić information content (AvgIpc) is 2.45. The molecule has 2 radical (unpaired) electrons. The van der Waals surface area contributed by atoms with Crippen molar-refractivity contribution in [2.75, 3.05) is 0 Å². The van der Waals surface area contributed by atoms with Gasteiger partial charge in [-0.3, -0.25) is 0 Å². The minimum absolute atomic E-state index is 0. The number of carbonyl (C=O) groups is 3. The van der Waals surface area contributed by atoms with E-state index in [2.05, 4.69) is 0 Å². The molecule has 9 nitrogen and oxygen atoms in total. The SMILES string of the molecule is CCC(O)C(=O)[O-].CCC(O)C(=O)[O-].CCC(O)C(=O)[O-].[Bi+3]. The van der Waals surface area contributed by atoms with Gasteiger partial charge in [0.15, 0.2) is 0 Å². The summed E-state index contributed by atoms with van der Waals surface area (Å²) in [5.41, 5.74) is 0. The molecule has 128 valence electrons. The van der Waals surface area contributed by atoms with Gasteiger partial charge in [0.05, 0.1) is 36.2 Å². The van der Waals surface area contributed by atoms with Crippen molar-refractivity contribution in [1.82, 2.24) is 0 Å². The van der Waals surface area contributed by atoms with Gasteiger partial charge in [-0.15, -0.1) is 0 Å².